The normalized spacial score (nSPS) is 26.9. The van der Waals surface area contributed by atoms with Crippen LogP contribution < -0.4 is 0 Å². The van der Waals surface area contributed by atoms with Crippen LogP contribution in [0.5, 0.6) is 0 Å². The summed E-state index contributed by atoms with van der Waals surface area (Å²) in [5.41, 5.74) is 3.70. The van der Waals surface area contributed by atoms with E-state index in [2.05, 4.69) is 35.6 Å². The molecule has 0 amide bonds. The number of nitrogens with zero attached hydrogens (tertiary/aromatic N) is 3. The summed E-state index contributed by atoms with van der Waals surface area (Å²) >= 11 is 0. The highest BCUT2D eigenvalue weighted by molar-refractivity contribution is 5.91. The highest BCUT2D eigenvalue weighted by Gasteiger charge is 2.46. The van der Waals surface area contributed by atoms with Crippen molar-refractivity contribution in [3.05, 3.63) is 59.4 Å². The van der Waals surface area contributed by atoms with Crippen molar-refractivity contribution in [3.63, 3.8) is 0 Å². The molecule has 0 radical (unpaired) electrons. The van der Waals surface area contributed by atoms with Crippen LogP contribution in [-0.4, -0.2) is 20.8 Å². The molecular formula is C19H21N3O. The van der Waals surface area contributed by atoms with Gasteiger partial charge in [-0.3, -0.25) is 4.79 Å². The fraction of sp³-hybridized carbons (Fsp3) is 0.421. The quantitative estimate of drug-likeness (QED) is 0.872. The Labute approximate surface area is 136 Å². The molecule has 0 saturated heterocycles. The van der Waals surface area contributed by atoms with E-state index in [9.17, 15) is 4.79 Å². The van der Waals surface area contributed by atoms with Crippen LogP contribution in [0.4, 0.5) is 0 Å². The van der Waals surface area contributed by atoms with Crippen molar-refractivity contribution >= 4 is 5.78 Å². The van der Waals surface area contributed by atoms with Gasteiger partial charge in [-0.15, -0.1) is 5.10 Å². The van der Waals surface area contributed by atoms with Crippen molar-refractivity contribution in [2.24, 2.45) is 5.41 Å². The summed E-state index contributed by atoms with van der Waals surface area (Å²) in [6, 6.07) is 10.3. The van der Waals surface area contributed by atoms with Crippen molar-refractivity contribution in [2.45, 2.75) is 45.1 Å². The molecule has 2 aliphatic rings. The third-order valence-corrected chi connectivity index (χ3v) is 5.53. The van der Waals surface area contributed by atoms with Crippen LogP contribution in [0.3, 0.4) is 0 Å². The number of hydrogen-bond acceptors (Lipinski definition) is 3. The minimum atomic E-state index is 0.0848. The Kier molecular flexibility index (Phi) is 3.40. The molecule has 4 rings (SSSR count). The van der Waals surface area contributed by atoms with Crippen LogP contribution in [0.15, 0.2) is 48.2 Å². The fourth-order valence-corrected chi connectivity index (χ4v) is 4.14. The van der Waals surface area contributed by atoms with Gasteiger partial charge in [0.25, 0.3) is 0 Å². The Balaban J connectivity index is 1.58. The van der Waals surface area contributed by atoms with Gasteiger partial charge in [0.05, 0.1) is 12.2 Å². The smallest absolute Gasteiger partial charge is 0.155 e. The molecule has 0 aliphatic heterocycles. The first-order chi connectivity index (χ1) is 11.1. The molecule has 1 fully saturated rings. The second-order valence-corrected chi connectivity index (χ2v) is 6.97. The Hall–Kier alpha value is -2.23. The van der Waals surface area contributed by atoms with Crippen LogP contribution in [0.25, 0.3) is 0 Å². The van der Waals surface area contributed by atoms with Gasteiger partial charge in [0, 0.05) is 18.5 Å². The number of benzene rings is 1. The standard InChI is InChI=1S/C19H21N3O/c1-19-10-9-16(23)11-15(19)7-8-17(19)18-13-22(21-20-18)12-14-5-3-2-4-6-14/h2-6,11,13,17H,7-10,12H2,1H3/t17-,19+/m1/s1. The molecule has 0 bridgehead atoms. The Morgan fingerprint density at radius 3 is 2.91 bits per heavy atom. The minimum Gasteiger partial charge on any atom is -0.295 e. The number of allylic oxidation sites excluding steroid dienone is 2. The molecule has 2 aliphatic carbocycles. The minimum absolute atomic E-state index is 0.0848. The summed E-state index contributed by atoms with van der Waals surface area (Å²) in [6.07, 6.45) is 7.65. The highest BCUT2D eigenvalue weighted by Crippen LogP contribution is 2.56. The van der Waals surface area contributed by atoms with Crippen LogP contribution in [0.1, 0.15) is 49.8 Å². The maximum absolute atomic E-state index is 11.7. The Morgan fingerprint density at radius 2 is 2.09 bits per heavy atom. The molecule has 4 heteroatoms. The third kappa shape index (κ3) is 2.52. The zero-order valence-electron chi connectivity index (χ0n) is 13.4. The molecule has 118 valence electrons. The first-order valence-corrected chi connectivity index (χ1v) is 8.33. The van der Waals surface area contributed by atoms with E-state index in [1.807, 2.05) is 29.0 Å². The van der Waals surface area contributed by atoms with Gasteiger partial charge in [0.15, 0.2) is 5.78 Å². The van der Waals surface area contributed by atoms with Crippen molar-refractivity contribution in [1.29, 1.82) is 0 Å². The first-order valence-electron chi connectivity index (χ1n) is 8.33. The number of fused-ring (bicyclic) bond motifs is 1. The summed E-state index contributed by atoms with van der Waals surface area (Å²) in [4.78, 5) is 11.7. The molecule has 1 heterocycles. The average molecular weight is 307 g/mol. The van der Waals surface area contributed by atoms with Crippen molar-refractivity contribution in [1.82, 2.24) is 15.0 Å². The lowest BCUT2D eigenvalue weighted by Gasteiger charge is -2.34. The molecule has 0 unspecified atom stereocenters. The predicted molar refractivity (Wildman–Crippen MR) is 88.0 cm³/mol. The van der Waals surface area contributed by atoms with E-state index in [1.54, 1.807) is 0 Å². The van der Waals surface area contributed by atoms with Crippen molar-refractivity contribution in [3.8, 4) is 0 Å². The topological polar surface area (TPSA) is 47.8 Å². The van der Waals surface area contributed by atoms with E-state index >= 15 is 0 Å². The number of rotatable bonds is 3. The van der Waals surface area contributed by atoms with Crippen LogP contribution in [0, 0.1) is 5.41 Å². The van der Waals surface area contributed by atoms with E-state index in [1.165, 1.54) is 11.1 Å². The summed E-state index contributed by atoms with van der Waals surface area (Å²) < 4.78 is 1.92. The van der Waals surface area contributed by atoms with Crippen LogP contribution >= 0.6 is 0 Å². The number of hydrogen-bond donors (Lipinski definition) is 0. The van der Waals surface area contributed by atoms with Gasteiger partial charge in [-0.1, -0.05) is 48.0 Å². The van der Waals surface area contributed by atoms with E-state index in [0.29, 0.717) is 12.3 Å². The van der Waals surface area contributed by atoms with Crippen LogP contribution in [-0.2, 0) is 11.3 Å². The zero-order chi connectivity index (χ0) is 15.9. The molecule has 4 nitrogen and oxygen atoms in total. The van der Waals surface area contributed by atoms with Gasteiger partial charge in [-0.05, 0) is 36.3 Å². The molecular weight excluding hydrogens is 286 g/mol. The second kappa shape index (κ2) is 5.44. The number of carbonyl (C=O) groups is 1. The Bertz CT molecular complexity index is 762. The van der Waals surface area contributed by atoms with Crippen molar-refractivity contribution in [2.75, 3.05) is 0 Å². The van der Waals surface area contributed by atoms with Crippen molar-refractivity contribution < 1.29 is 4.79 Å². The van der Waals surface area contributed by atoms with Gasteiger partial charge >= 0.3 is 0 Å². The fourth-order valence-electron chi connectivity index (χ4n) is 4.14. The lowest BCUT2D eigenvalue weighted by atomic mass is 9.69. The molecule has 1 aromatic heterocycles. The summed E-state index contributed by atoms with van der Waals surface area (Å²) in [7, 11) is 0. The summed E-state index contributed by atoms with van der Waals surface area (Å²) in [5, 5.41) is 8.77. The SMILES string of the molecule is C[C@]12CCC(=O)C=C1CC[C@@H]2c1cn(Cc2ccccc2)nn1. The summed E-state index contributed by atoms with van der Waals surface area (Å²) in [5.74, 6) is 0.664. The second-order valence-electron chi connectivity index (χ2n) is 6.97. The molecule has 0 spiro atoms. The maximum atomic E-state index is 11.7. The molecule has 0 N–H and O–H groups in total. The first kappa shape index (κ1) is 14.4. The molecule has 23 heavy (non-hydrogen) atoms. The predicted octanol–water partition coefficient (Wildman–Crippen LogP) is 3.50. The number of carbonyl (C=O) groups excluding carboxylic acids is 1. The van der Waals surface area contributed by atoms with Gasteiger partial charge < -0.3 is 0 Å². The number of aromatic nitrogens is 3. The van der Waals surface area contributed by atoms with Crippen LogP contribution in [0.2, 0.25) is 0 Å². The summed E-state index contributed by atoms with van der Waals surface area (Å²) in [6.45, 7) is 3.04. The lowest BCUT2D eigenvalue weighted by Crippen LogP contribution is -2.27. The number of ketones is 1. The largest absolute Gasteiger partial charge is 0.295 e. The molecule has 2 aromatic rings. The lowest BCUT2D eigenvalue weighted by molar-refractivity contribution is -0.115. The van der Waals surface area contributed by atoms with E-state index in [4.69, 9.17) is 0 Å². The third-order valence-electron chi connectivity index (χ3n) is 5.53. The molecule has 1 saturated carbocycles. The van der Waals surface area contributed by atoms with Gasteiger partial charge in [0.2, 0.25) is 0 Å². The monoisotopic (exact) mass is 307 g/mol. The van der Waals surface area contributed by atoms with Gasteiger partial charge in [-0.25, -0.2) is 4.68 Å². The molecule has 2 atom stereocenters. The van der Waals surface area contributed by atoms with E-state index in [-0.39, 0.29) is 11.2 Å². The Morgan fingerprint density at radius 1 is 1.26 bits per heavy atom. The highest BCUT2D eigenvalue weighted by atomic mass is 16.1. The van der Waals surface area contributed by atoms with E-state index in [0.717, 1.165) is 31.5 Å². The molecule has 1 aromatic carbocycles. The maximum Gasteiger partial charge on any atom is 0.155 e. The van der Waals surface area contributed by atoms with Gasteiger partial charge in [-0.2, -0.15) is 0 Å². The average Bonchev–Trinajstić information content (AvgIpc) is 3.13. The van der Waals surface area contributed by atoms with E-state index < -0.39 is 0 Å². The van der Waals surface area contributed by atoms with Gasteiger partial charge in [0.1, 0.15) is 0 Å². The zero-order valence-corrected chi connectivity index (χ0v) is 13.4.